The first-order valence-electron chi connectivity index (χ1n) is 6.69. The fourth-order valence-corrected chi connectivity index (χ4v) is 2.35. The Hall–Kier alpha value is -1.82. The molecule has 2 amide bonds. The summed E-state index contributed by atoms with van der Waals surface area (Å²) in [4.78, 5) is 27.4. The lowest BCUT2D eigenvalue weighted by Gasteiger charge is -2.34. The van der Waals surface area contributed by atoms with Crippen molar-refractivity contribution in [1.29, 1.82) is 0 Å². The standard InChI is InChI=1S/C15H17BrN2O3/c1-2-11-21-15(20)18-9-7-17(8-10-18)14(19)12-3-5-13(16)6-4-12/h2-6H,1,7-11H2. The number of ether oxygens (including phenoxy) is 1. The number of benzene rings is 1. The molecular formula is C15H17BrN2O3. The highest BCUT2D eigenvalue weighted by atomic mass is 79.9. The zero-order chi connectivity index (χ0) is 15.2. The number of rotatable bonds is 3. The van der Waals surface area contributed by atoms with Gasteiger partial charge in [0.15, 0.2) is 0 Å². The molecule has 0 N–H and O–H groups in total. The van der Waals surface area contributed by atoms with Crippen molar-refractivity contribution in [2.75, 3.05) is 32.8 Å². The molecule has 0 unspecified atom stereocenters. The van der Waals surface area contributed by atoms with Gasteiger partial charge in [-0.1, -0.05) is 28.6 Å². The van der Waals surface area contributed by atoms with Crippen molar-refractivity contribution in [3.05, 3.63) is 47.0 Å². The SMILES string of the molecule is C=CCOC(=O)N1CCN(C(=O)c2ccc(Br)cc2)CC1. The van der Waals surface area contributed by atoms with Gasteiger partial charge >= 0.3 is 6.09 Å². The summed E-state index contributed by atoms with van der Waals surface area (Å²) in [6, 6.07) is 7.26. The highest BCUT2D eigenvalue weighted by Gasteiger charge is 2.25. The number of piperazine rings is 1. The first-order valence-corrected chi connectivity index (χ1v) is 7.48. The zero-order valence-corrected chi connectivity index (χ0v) is 13.2. The van der Waals surface area contributed by atoms with Gasteiger partial charge in [-0.25, -0.2) is 4.79 Å². The molecule has 0 aliphatic carbocycles. The summed E-state index contributed by atoms with van der Waals surface area (Å²) in [5.41, 5.74) is 0.654. The van der Waals surface area contributed by atoms with Crippen LogP contribution in [0.15, 0.2) is 41.4 Å². The van der Waals surface area contributed by atoms with Gasteiger partial charge in [0, 0.05) is 36.2 Å². The summed E-state index contributed by atoms with van der Waals surface area (Å²) in [5.74, 6) is -0.0124. The van der Waals surface area contributed by atoms with Crippen LogP contribution < -0.4 is 0 Å². The van der Waals surface area contributed by atoms with E-state index < -0.39 is 0 Å². The molecule has 1 saturated heterocycles. The van der Waals surface area contributed by atoms with Crippen LogP contribution in [0.1, 0.15) is 10.4 Å². The molecule has 0 spiro atoms. The lowest BCUT2D eigenvalue weighted by atomic mass is 10.2. The predicted octanol–water partition coefficient (Wildman–Crippen LogP) is 2.53. The van der Waals surface area contributed by atoms with Crippen molar-refractivity contribution in [2.45, 2.75) is 0 Å². The summed E-state index contributed by atoms with van der Waals surface area (Å²) >= 11 is 3.35. The molecule has 2 rings (SSSR count). The third kappa shape index (κ3) is 4.07. The normalized spacial score (nSPS) is 14.7. The van der Waals surface area contributed by atoms with E-state index in [0.717, 1.165) is 4.47 Å². The Labute approximate surface area is 132 Å². The van der Waals surface area contributed by atoms with Gasteiger partial charge in [0.2, 0.25) is 0 Å². The molecule has 0 saturated carbocycles. The predicted molar refractivity (Wildman–Crippen MR) is 83.2 cm³/mol. The smallest absolute Gasteiger partial charge is 0.410 e. The molecule has 1 aromatic carbocycles. The molecule has 0 atom stereocenters. The average Bonchev–Trinajstić information content (AvgIpc) is 2.53. The lowest BCUT2D eigenvalue weighted by molar-refractivity contribution is 0.0581. The van der Waals surface area contributed by atoms with Crippen molar-refractivity contribution in [3.8, 4) is 0 Å². The largest absolute Gasteiger partial charge is 0.445 e. The molecule has 0 bridgehead atoms. The van der Waals surface area contributed by atoms with Crippen LogP contribution in [0, 0.1) is 0 Å². The lowest BCUT2D eigenvalue weighted by Crippen LogP contribution is -2.50. The minimum Gasteiger partial charge on any atom is -0.445 e. The fraction of sp³-hybridized carbons (Fsp3) is 0.333. The van der Waals surface area contributed by atoms with Gasteiger partial charge in [0.05, 0.1) is 0 Å². The van der Waals surface area contributed by atoms with Crippen LogP contribution in [0.5, 0.6) is 0 Å². The highest BCUT2D eigenvalue weighted by Crippen LogP contribution is 2.14. The molecule has 0 radical (unpaired) electrons. The summed E-state index contributed by atoms with van der Waals surface area (Å²) in [6.45, 7) is 5.70. The van der Waals surface area contributed by atoms with Gasteiger partial charge in [0.25, 0.3) is 5.91 Å². The van der Waals surface area contributed by atoms with E-state index in [-0.39, 0.29) is 18.6 Å². The van der Waals surface area contributed by atoms with Gasteiger partial charge in [-0.3, -0.25) is 4.79 Å². The molecule has 5 nitrogen and oxygen atoms in total. The van der Waals surface area contributed by atoms with Gasteiger partial charge in [-0.15, -0.1) is 0 Å². The van der Waals surface area contributed by atoms with Crippen LogP contribution in [-0.2, 0) is 4.74 Å². The zero-order valence-electron chi connectivity index (χ0n) is 11.6. The van der Waals surface area contributed by atoms with Gasteiger partial charge in [-0.2, -0.15) is 0 Å². The van der Waals surface area contributed by atoms with E-state index in [4.69, 9.17) is 4.74 Å². The molecule has 1 aliphatic rings. The number of halogens is 1. The summed E-state index contributed by atoms with van der Waals surface area (Å²) in [7, 11) is 0. The van der Waals surface area contributed by atoms with Crippen LogP contribution >= 0.6 is 15.9 Å². The molecule has 6 heteroatoms. The number of amides is 2. The minimum atomic E-state index is -0.356. The molecule has 1 heterocycles. The number of hydrogen-bond acceptors (Lipinski definition) is 3. The minimum absolute atomic E-state index is 0.0124. The Balaban J connectivity index is 1.88. The second-order valence-corrected chi connectivity index (χ2v) is 5.57. The average molecular weight is 353 g/mol. The van der Waals surface area contributed by atoms with E-state index in [9.17, 15) is 9.59 Å². The molecule has 21 heavy (non-hydrogen) atoms. The first-order chi connectivity index (χ1) is 10.1. The fourth-order valence-electron chi connectivity index (χ4n) is 2.09. The van der Waals surface area contributed by atoms with Crippen LogP contribution in [0.2, 0.25) is 0 Å². The molecule has 112 valence electrons. The van der Waals surface area contributed by atoms with E-state index in [2.05, 4.69) is 22.5 Å². The second-order valence-electron chi connectivity index (χ2n) is 4.65. The monoisotopic (exact) mass is 352 g/mol. The highest BCUT2D eigenvalue weighted by molar-refractivity contribution is 9.10. The molecular weight excluding hydrogens is 336 g/mol. The first kappa shape index (κ1) is 15.6. The van der Waals surface area contributed by atoms with Gasteiger partial charge in [0.1, 0.15) is 6.61 Å². The van der Waals surface area contributed by atoms with Crippen LogP contribution in [0.4, 0.5) is 4.79 Å². The van der Waals surface area contributed by atoms with Crippen molar-refractivity contribution in [3.63, 3.8) is 0 Å². The van der Waals surface area contributed by atoms with E-state index in [1.165, 1.54) is 6.08 Å². The summed E-state index contributed by atoms with van der Waals surface area (Å²) in [5, 5.41) is 0. The molecule has 1 fully saturated rings. The van der Waals surface area contributed by atoms with Gasteiger partial charge in [-0.05, 0) is 24.3 Å². The van der Waals surface area contributed by atoms with Crippen LogP contribution in [0.3, 0.4) is 0 Å². The Kier molecular flexibility index (Phi) is 5.38. The molecule has 0 aromatic heterocycles. The summed E-state index contributed by atoms with van der Waals surface area (Å²) < 4.78 is 5.92. The number of carbonyl (C=O) groups is 2. The number of hydrogen-bond donors (Lipinski definition) is 0. The van der Waals surface area contributed by atoms with E-state index >= 15 is 0 Å². The maximum atomic E-state index is 12.3. The quantitative estimate of drug-likeness (QED) is 0.785. The van der Waals surface area contributed by atoms with Crippen molar-refractivity contribution >= 4 is 27.9 Å². The van der Waals surface area contributed by atoms with Gasteiger partial charge < -0.3 is 14.5 Å². The van der Waals surface area contributed by atoms with E-state index in [1.807, 2.05) is 12.1 Å². The Morgan fingerprint density at radius 3 is 2.29 bits per heavy atom. The number of carbonyl (C=O) groups excluding carboxylic acids is 2. The van der Waals surface area contributed by atoms with E-state index in [1.54, 1.807) is 21.9 Å². The van der Waals surface area contributed by atoms with Crippen LogP contribution in [-0.4, -0.2) is 54.6 Å². The van der Waals surface area contributed by atoms with Crippen molar-refractivity contribution in [2.24, 2.45) is 0 Å². The maximum Gasteiger partial charge on any atom is 0.410 e. The molecule has 1 aliphatic heterocycles. The van der Waals surface area contributed by atoms with Crippen LogP contribution in [0.25, 0.3) is 0 Å². The van der Waals surface area contributed by atoms with Crippen molar-refractivity contribution < 1.29 is 14.3 Å². The molecule has 1 aromatic rings. The topological polar surface area (TPSA) is 49.9 Å². The third-order valence-corrected chi connectivity index (χ3v) is 3.77. The Bertz CT molecular complexity index is 522. The second kappa shape index (κ2) is 7.26. The maximum absolute atomic E-state index is 12.3. The van der Waals surface area contributed by atoms with Crippen molar-refractivity contribution in [1.82, 2.24) is 9.80 Å². The number of nitrogens with zero attached hydrogens (tertiary/aromatic N) is 2. The Morgan fingerprint density at radius 1 is 1.14 bits per heavy atom. The third-order valence-electron chi connectivity index (χ3n) is 3.24. The summed E-state index contributed by atoms with van der Waals surface area (Å²) in [6.07, 6.45) is 1.18. The Morgan fingerprint density at radius 2 is 1.71 bits per heavy atom. The van der Waals surface area contributed by atoms with E-state index in [0.29, 0.717) is 31.7 Å².